The molecule has 0 saturated heterocycles. The molecule has 2 aliphatic heterocycles. The van der Waals surface area contributed by atoms with E-state index in [1.54, 1.807) is 30.3 Å². The fraction of sp³-hybridized carbons (Fsp3) is 0.414. The Bertz CT molecular complexity index is 1290. The second-order valence-corrected chi connectivity index (χ2v) is 11.5. The van der Waals surface area contributed by atoms with Crippen LogP contribution >= 0.6 is 11.8 Å². The number of rotatable bonds is 9. The molecule has 0 aromatic heterocycles. The van der Waals surface area contributed by atoms with Gasteiger partial charge in [0.25, 0.3) is 5.91 Å². The monoisotopic (exact) mass is 588 g/mol. The molecule has 8 nitrogen and oxygen atoms in total. The highest BCUT2D eigenvalue weighted by Crippen LogP contribution is 2.44. The van der Waals surface area contributed by atoms with E-state index in [4.69, 9.17) is 4.84 Å². The van der Waals surface area contributed by atoms with Crippen LogP contribution in [0.2, 0.25) is 0 Å². The van der Waals surface area contributed by atoms with Crippen LogP contribution in [0.3, 0.4) is 0 Å². The van der Waals surface area contributed by atoms with E-state index in [-0.39, 0.29) is 48.5 Å². The van der Waals surface area contributed by atoms with Crippen molar-refractivity contribution in [2.24, 2.45) is 0 Å². The standard InChI is InChI=1S/C29H31F3N4O4S/c30-29(31,32)27(39)40-36-24-15-17-34(25(37)18-33-16-14-20-8-3-1-4-9-20)19-23(24)26(38)35(21-10-5-2-6-11-21)28(36)41-22-12-7-13-22/h1-6,8-11,22,28,33H,7,12-19H2. The first-order chi connectivity index (χ1) is 19.7. The number of carbonyl (C=O) groups excluding carboxylic acids is 3. The van der Waals surface area contributed by atoms with Gasteiger partial charge in [-0.1, -0.05) is 55.0 Å². The van der Waals surface area contributed by atoms with E-state index < -0.39 is 23.6 Å². The number of carbonyl (C=O) groups is 3. The zero-order valence-corrected chi connectivity index (χ0v) is 23.1. The number of hydrogen-bond acceptors (Lipinski definition) is 7. The topological polar surface area (TPSA) is 82.2 Å². The van der Waals surface area contributed by atoms with Crippen LogP contribution in [0.1, 0.15) is 31.2 Å². The Morgan fingerprint density at radius 2 is 1.71 bits per heavy atom. The summed E-state index contributed by atoms with van der Waals surface area (Å²) in [6, 6.07) is 18.4. The molecule has 2 aromatic carbocycles. The molecule has 0 bridgehead atoms. The fourth-order valence-electron chi connectivity index (χ4n) is 4.94. The van der Waals surface area contributed by atoms with Gasteiger partial charge in [0.15, 0.2) is 5.50 Å². The number of nitrogens with one attached hydrogen (secondary N) is 1. The zero-order valence-electron chi connectivity index (χ0n) is 22.3. The Hall–Kier alpha value is -3.51. The highest BCUT2D eigenvalue weighted by atomic mass is 32.2. The third-order valence-electron chi connectivity index (χ3n) is 7.36. The van der Waals surface area contributed by atoms with Gasteiger partial charge in [-0.05, 0) is 43.5 Å². The van der Waals surface area contributed by atoms with Gasteiger partial charge in [0.05, 0.1) is 24.4 Å². The van der Waals surface area contributed by atoms with Crippen molar-refractivity contribution in [2.75, 3.05) is 31.1 Å². The molecule has 0 radical (unpaired) electrons. The van der Waals surface area contributed by atoms with Crippen molar-refractivity contribution < 1.29 is 32.4 Å². The number of hydrogen-bond donors (Lipinski definition) is 1. The minimum atomic E-state index is -5.21. The van der Waals surface area contributed by atoms with Crippen LogP contribution < -0.4 is 10.2 Å². The van der Waals surface area contributed by atoms with Crippen LogP contribution in [0, 0.1) is 0 Å². The third-order valence-corrected chi connectivity index (χ3v) is 8.86. The van der Waals surface area contributed by atoms with Gasteiger partial charge in [0.2, 0.25) is 5.91 Å². The molecule has 12 heteroatoms. The summed E-state index contributed by atoms with van der Waals surface area (Å²) in [7, 11) is 0. The predicted octanol–water partition coefficient (Wildman–Crippen LogP) is 4.24. The first-order valence-corrected chi connectivity index (χ1v) is 14.5. The van der Waals surface area contributed by atoms with E-state index >= 15 is 0 Å². The molecule has 0 spiro atoms. The molecule has 1 unspecified atom stereocenters. The number of para-hydroxylation sites is 1. The van der Waals surface area contributed by atoms with Crippen LogP contribution in [0.4, 0.5) is 18.9 Å². The summed E-state index contributed by atoms with van der Waals surface area (Å²) in [4.78, 5) is 47.0. The molecule has 218 valence electrons. The third kappa shape index (κ3) is 6.70. The van der Waals surface area contributed by atoms with Crippen LogP contribution in [0.15, 0.2) is 71.9 Å². The van der Waals surface area contributed by atoms with E-state index in [9.17, 15) is 27.6 Å². The number of anilines is 1. The molecule has 1 saturated carbocycles. The minimum Gasteiger partial charge on any atom is -0.337 e. The van der Waals surface area contributed by atoms with Crippen molar-refractivity contribution >= 4 is 35.2 Å². The lowest BCUT2D eigenvalue weighted by molar-refractivity contribution is -0.235. The number of amides is 2. The number of benzene rings is 2. The van der Waals surface area contributed by atoms with Gasteiger partial charge in [-0.25, -0.2) is 4.79 Å². The maximum atomic E-state index is 14.0. The van der Waals surface area contributed by atoms with Gasteiger partial charge in [-0.2, -0.15) is 18.2 Å². The van der Waals surface area contributed by atoms with Gasteiger partial charge in [0, 0.05) is 23.9 Å². The van der Waals surface area contributed by atoms with Crippen LogP contribution in [-0.2, 0) is 25.6 Å². The summed E-state index contributed by atoms with van der Waals surface area (Å²) in [5.74, 6) is -3.00. The highest BCUT2D eigenvalue weighted by molar-refractivity contribution is 8.00. The van der Waals surface area contributed by atoms with Crippen molar-refractivity contribution in [3.63, 3.8) is 0 Å². The summed E-state index contributed by atoms with van der Waals surface area (Å²) in [6.07, 6.45) is -1.71. The lowest BCUT2D eigenvalue weighted by Crippen LogP contribution is -2.59. The lowest BCUT2D eigenvalue weighted by Gasteiger charge is -2.48. The molecule has 2 aromatic rings. The average molecular weight is 589 g/mol. The Labute approximate surface area is 240 Å². The van der Waals surface area contributed by atoms with Crippen LogP contribution in [0.25, 0.3) is 0 Å². The second-order valence-electron chi connectivity index (χ2n) is 10.1. The summed E-state index contributed by atoms with van der Waals surface area (Å²) < 4.78 is 40.1. The predicted molar refractivity (Wildman–Crippen MR) is 148 cm³/mol. The molecule has 2 amide bonds. The van der Waals surface area contributed by atoms with Crippen molar-refractivity contribution in [1.82, 2.24) is 15.3 Å². The number of alkyl halides is 3. The second kappa shape index (κ2) is 12.6. The van der Waals surface area contributed by atoms with E-state index in [1.807, 2.05) is 30.3 Å². The maximum Gasteiger partial charge on any atom is 0.493 e. The van der Waals surface area contributed by atoms with Gasteiger partial charge >= 0.3 is 12.1 Å². The van der Waals surface area contributed by atoms with Crippen molar-refractivity contribution in [2.45, 2.75) is 49.0 Å². The molecular weight excluding hydrogens is 557 g/mol. The summed E-state index contributed by atoms with van der Waals surface area (Å²) in [5.41, 5.74) is 0.926. The quantitative estimate of drug-likeness (QED) is 0.439. The molecule has 1 aliphatic carbocycles. The van der Waals surface area contributed by atoms with Crippen molar-refractivity contribution in [3.05, 3.63) is 77.5 Å². The molecular formula is C29H31F3N4O4S. The lowest BCUT2D eigenvalue weighted by atomic mass is 10.00. The van der Waals surface area contributed by atoms with E-state index in [0.717, 1.165) is 36.3 Å². The van der Waals surface area contributed by atoms with Crippen molar-refractivity contribution in [1.29, 1.82) is 0 Å². The fourth-order valence-corrected chi connectivity index (χ4v) is 6.51. The molecule has 1 fully saturated rings. The molecule has 5 rings (SSSR count). The number of nitrogens with zero attached hydrogens (tertiary/aromatic N) is 3. The summed E-state index contributed by atoms with van der Waals surface area (Å²) in [5, 5.41) is 4.20. The Kier molecular flexibility index (Phi) is 8.88. The Morgan fingerprint density at radius 3 is 2.34 bits per heavy atom. The SMILES string of the molecule is O=C(CNCCc1ccccc1)N1CCC2=C(C1)C(=O)N(c1ccccc1)C(SC1CCC1)N2OC(=O)C(F)(F)F. The molecule has 1 atom stereocenters. The Balaban J connectivity index is 1.38. The number of halogens is 3. The smallest absolute Gasteiger partial charge is 0.337 e. The largest absolute Gasteiger partial charge is 0.493 e. The summed E-state index contributed by atoms with van der Waals surface area (Å²) in [6.45, 7) is 0.716. The summed E-state index contributed by atoms with van der Waals surface area (Å²) >= 11 is 1.31. The molecule has 41 heavy (non-hydrogen) atoms. The van der Waals surface area contributed by atoms with Gasteiger partial charge in [-0.3, -0.25) is 14.5 Å². The normalized spacial score (nSPS) is 19.6. The van der Waals surface area contributed by atoms with Gasteiger partial charge in [-0.15, -0.1) is 11.8 Å². The minimum absolute atomic E-state index is 0.0545. The highest BCUT2D eigenvalue weighted by Gasteiger charge is 2.50. The van der Waals surface area contributed by atoms with Crippen LogP contribution in [-0.4, -0.2) is 70.8 Å². The molecule has 3 aliphatic rings. The molecule has 2 heterocycles. The number of thioether (sulfide) groups is 1. The zero-order chi connectivity index (χ0) is 29.0. The average Bonchev–Trinajstić information content (AvgIpc) is 2.95. The molecule has 1 N–H and O–H groups in total. The van der Waals surface area contributed by atoms with Crippen molar-refractivity contribution in [3.8, 4) is 0 Å². The van der Waals surface area contributed by atoms with Gasteiger partial charge in [0.1, 0.15) is 0 Å². The van der Waals surface area contributed by atoms with Crippen LogP contribution in [0.5, 0.6) is 0 Å². The van der Waals surface area contributed by atoms with Gasteiger partial charge < -0.3 is 15.1 Å². The maximum absolute atomic E-state index is 14.0. The van der Waals surface area contributed by atoms with E-state index in [0.29, 0.717) is 12.2 Å². The Morgan fingerprint density at radius 1 is 1.02 bits per heavy atom. The van der Waals surface area contributed by atoms with E-state index in [1.165, 1.54) is 21.6 Å². The van der Waals surface area contributed by atoms with E-state index in [2.05, 4.69) is 5.32 Å². The first-order valence-electron chi connectivity index (χ1n) is 13.6. The number of hydroxylamine groups is 2. The first kappa shape index (κ1) is 29.0.